The van der Waals surface area contributed by atoms with Crippen molar-refractivity contribution in [2.75, 3.05) is 7.11 Å². The van der Waals surface area contributed by atoms with Crippen LogP contribution in [0.15, 0.2) is 54.6 Å². The number of carboxylic acid groups (broad SMARTS) is 1. The Hall–Kier alpha value is -2.84. The van der Waals surface area contributed by atoms with E-state index in [-0.39, 0.29) is 17.9 Å². The summed E-state index contributed by atoms with van der Waals surface area (Å²) in [6.45, 7) is 16.2. The van der Waals surface area contributed by atoms with Crippen molar-refractivity contribution in [1.82, 2.24) is 5.32 Å². The highest BCUT2D eigenvalue weighted by atomic mass is 28.4. The summed E-state index contributed by atoms with van der Waals surface area (Å²) >= 11 is 0. The number of methoxy groups -OCH3 is 1. The highest BCUT2D eigenvalue weighted by Crippen LogP contribution is 2.39. The van der Waals surface area contributed by atoms with Gasteiger partial charge in [0, 0.05) is 0 Å². The molecule has 2 rings (SSSR count). The number of amides is 1. The number of aliphatic carboxylic acids is 1. The van der Waals surface area contributed by atoms with E-state index in [1.807, 2.05) is 75.4 Å². The maximum absolute atomic E-state index is 13.0. The number of carbonyl (C=O) groups excluding carboxylic acids is 1. The summed E-state index contributed by atoms with van der Waals surface area (Å²) in [6.07, 6.45) is -0.146. The van der Waals surface area contributed by atoms with Gasteiger partial charge in [-0.2, -0.15) is 0 Å². The lowest BCUT2D eigenvalue weighted by atomic mass is 9.89. The van der Waals surface area contributed by atoms with Crippen LogP contribution in [-0.4, -0.2) is 50.3 Å². The highest BCUT2D eigenvalue weighted by molar-refractivity contribution is 6.74. The van der Waals surface area contributed by atoms with Crippen molar-refractivity contribution in [3.8, 4) is 5.75 Å². The van der Waals surface area contributed by atoms with E-state index < -0.39 is 44.0 Å². The molecule has 0 saturated carbocycles. The van der Waals surface area contributed by atoms with Gasteiger partial charge in [0.15, 0.2) is 8.32 Å². The molecule has 7 nitrogen and oxygen atoms in total. The molecule has 0 aliphatic carbocycles. The normalized spacial score (nSPS) is 14.7. The largest absolute Gasteiger partial charge is 0.496 e. The van der Waals surface area contributed by atoms with Crippen LogP contribution >= 0.6 is 0 Å². The van der Waals surface area contributed by atoms with Gasteiger partial charge in [0.2, 0.25) is 0 Å². The second-order valence-electron chi connectivity index (χ2n) is 12.6. The Kier molecular flexibility index (Phi) is 11.2. The smallest absolute Gasteiger partial charge is 0.407 e. The molecule has 39 heavy (non-hydrogen) atoms. The Labute approximate surface area is 235 Å². The van der Waals surface area contributed by atoms with E-state index in [4.69, 9.17) is 13.9 Å². The van der Waals surface area contributed by atoms with Crippen LogP contribution in [0.5, 0.6) is 5.75 Å². The molecule has 0 aliphatic rings. The fourth-order valence-electron chi connectivity index (χ4n) is 4.14. The third-order valence-corrected chi connectivity index (χ3v) is 11.7. The van der Waals surface area contributed by atoms with Crippen molar-refractivity contribution in [3.05, 3.63) is 65.7 Å². The average molecular weight is 558 g/mol. The number of alkyl carbamates (subject to hydrolysis) is 1. The number of benzene rings is 2. The molecule has 8 heteroatoms. The predicted molar refractivity (Wildman–Crippen MR) is 158 cm³/mol. The topological polar surface area (TPSA) is 94.1 Å². The molecule has 2 N–H and O–H groups in total. The maximum atomic E-state index is 13.0. The minimum absolute atomic E-state index is 0.115. The molecular formula is C31H47NO6Si. The first-order valence-corrected chi connectivity index (χ1v) is 16.5. The summed E-state index contributed by atoms with van der Waals surface area (Å²) in [5.74, 6) is -1.02. The summed E-state index contributed by atoms with van der Waals surface area (Å²) in [7, 11) is -0.785. The van der Waals surface area contributed by atoms with Gasteiger partial charge in [-0.05, 0) is 75.4 Å². The number of para-hydroxylation sites is 1. The molecule has 1 amide bonds. The number of carboxylic acids is 1. The van der Waals surface area contributed by atoms with Gasteiger partial charge in [-0.15, -0.1) is 0 Å². The lowest BCUT2D eigenvalue weighted by molar-refractivity contribution is -0.142. The molecule has 0 spiro atoms. The van der Waals surface area contributed by atoms with Crippen LogP contribution < -0.4 is 10.1 Å². The first kappa shape index (κ1) is 32.4. The van der Waals surface area contributed by atoms with Crippen molar-refractivity contribution in [1.29, 1.82) is 0 Å². The summed E-state index contributed by atoms with van der Waals surface area (Å²) in [5.41, 5.74) is 1.15. The van der Waals surface area contributed by atoms with Gasteiger partial charge in [0.25, 0.3) is 0 Å². The number of hydrogen-bond acceptors (Lipinski definition) is 5. The molecule has 0 fully saturated rings. The highest BCUT2D eigenvalue weighted by Gasteiger charge is 2.42. The summed E-state index contributed by atoms with van der Waals surface area (Å²) in [5, 5.41) is 13.2. The first-order valence-electron chi connectivity index (χ1n) is 13.6. The van der Waals surface area contributed by atoms with E-state index in [1.165, 1.54) is 0 Å². The molecular weight excluding hydrogens is 510 g/mol. The molecule has 2 aromatic carbocycles. The van der Waals surface area contributed by atoms with Gasteiger partial charge in [-0.3, -0.25) is 4.79 Å². The van der Waals surface area contributed by atoms with Crippen LogP contribution in [0.4, 0.5) is 4.79 Å². The standard InChI is InChI=1S/C31H47NO6Si/c1-30(2,3)37-29(35)32-25(19-22-15-11-10-12-16-22)27(38-39(8,9)31(4,5)6)21-24(28(33)34)20-23-17-13-14-18-26(23)36-7/h10-18,24-25,27H,19-21H2,1-9H3,(H,32,35)(H,33,34)/t24-,25+,27+/m1/s1. The number of rotatable bonds is 12. The summed E-state index contributed by atoms with van der Waals surface area (Å²) in [4.78, 5) is 25.6. The lowest BCUT2D eigenvalue weighted by Gasteiger charge is -2.42. The van der Waals surface area contributed by atoms with E-state index in [2.05, 4.69) is 39.2 Å². The quantitative estimate of drug-likeness (QED) is 0.277. The Bertz CT molecular complexity index is 1070. The van der Waals surface area contributed by atoms with E-state index in [9.17, 15) is 14.7 Å². The predicted octanol–water partition coefficient (Wildman–Crippen LogP) is 6.86. The minimum atomic E-state index is -2.37. The molecule has 3 atom stereocenters. The molecule has 0 aromatic heterocycles. The SMILES string of the molecule is COc1ccccc1C[C@H](C[C@H](O[Si](C)(C)C(C)(C)C)[C@H](Cc1ccccc1)NC(=O)OC(C)(C)C)C(=O)O. The van der Waals surface area contributed by atoms with E-state index in [1.54, 1.807) is 7.11 Å². The summed E-state index contributed by atoms with van der Waals surface area (Å²) < 4.78 is 18.0. The Morgan fingerprint density at radius 3 is 2.05 bits per heavy atom. The molecule has 2 aromatic rings. The van der Waals surface area contributed by atoms with Gasteiger partial charge in [0.1, 0.15) is 11.4 Å². The Morgan fingerprint density at radius 2 is 1.51 bits per heavy atom. The molecule has 0 heterocycles. The molecule has 216 valence electrons. The van der Waals surface area contributed by atoms with Crippen molar-refractivity contribution >= 4 is 20.4 Å². The first-order chi connectivity index (χ1) is 18.0. The van der Waals surface area contributed by atoms with Crippen molar-refractivity contribution in [2.45, 2.75) is 96.7 Å². The molecule has 0 aliphatic heterocycles. The van der Waals surface area contributed by atoms with Crippen LogP contribution in [0, 0.1) is 5.92 Å². The van der Waals surface area contributed by atoms with E-state index in [0.29, 0.717) is 12.2 Å². The zero-order valence-corrected chi connectivity index (χ0v) is 26.0. The van der Waals surface area contributed by atoms with Gasteiger partial charge in [0.05, 0.1) is 25.2 Å². The fraction of sp³-hybridized carbons (Fsp3) is 0.548. The third kappa shape index (κ3) is 10.3. The van der Waals surface area contributed by atoms with Crippen LogP contribution in [0.2, 0.25) is 18.1 Å². The summed E-state index contributed by atoms with van der Waals surface area (Å²) in [6, 6.07) is 16.8. The average Bonchev–Trinajstić information content (AvgIpc) is 2.81. The zero-order valence-electron chi connectivity index (χ0n) is 25.0. The maximum Gasteiger partial charge on any atom is 0.407 e. The molecule has 0 radical (unpaired) electrons. The number of carbonyl (C=O) groups is 2. The van der Waals surface area contributed by atoms with Crippen LogP contribution in [-0.2, 0) is 26.8 Å². The second-order valence-corrected chi connectivity index (χ2v) is 17.4. The van der Waals surface area contributed by atoms with E-state index in [0.717, 1.165) is 11.1 Å². The third-order valence-electron chi connectivity index (χ3n) is 7.23. The van der Waals surface area contributed by atoms with E-state index >= 15 is 0 Å². The van der Waals surface area contributed by atoms with Gasteiger partial charge >= 0.3 is 12.1 Å². The Balaban J connectivity index is 2.51. The van der Waals surface area contributed by atoms with Gasteiger partial charge in [-0.1, -0.05) is 69.3 Å². The van der Waals surface area contributed by atoms with Crippen molar-refractivity contribution in [2.24, 2.45) is 5.92 Å². The van der Waals surface area contributed by atoms with Crippen LogP contribution in [0.3, 0.4) is 0 Å². The second kappa shape index (κ2) is 13.5. The number of ether oxygens (including phenoxy) is 2. The van der Waals surface area contributed by atoms with Crippen molar-refractivity contribution < 1.29 is 28.6 Å². The molecule has 0 bridgehead atoms. The lowest BCUT2D eigenvalue weighted by Crippen LogP contribution is -2.54. The van der Waals surface area contributed by atoms with Crippen LogP contribution in [0.1, 0.15) is 59.1 Å². The Morgan fingerprint density at radius 1 is 0.923 bits per heavy atom. The minimum Gasteiger partial charge on any atom is -0.496 e. The van der Waals surface area contributed by atoms with Gasteiger partial charge in [-0.25, -0.2) is 4.79 Å². The molecule has 0 unspecified atom stereocenters. The van der Waals surface area contributed by atoms with Crippen molar-refractivity contribution in [3.63, 3.8) is 0 Å². The zero-order chi connectivity index (χ0) is 29.4. The fourth-order valence-corrected chi connectivity index (χ4v) is 5.51. The van der Waals surface area contributed by atoms with Crippen LogP contribution in [0.25, 0.3) is 0 Å². The number of hydrogen-bond donors (Lipinski definition) is 2. The van der Waals surface area contributed by atoms with Gasteiger partial charge < -0.3 is 24.3 Å². The number of nitrogens with one attached hydrogen (secondary N) is 1. The monoisotopic (exact) mass is 557 g/mol. The molecule has 0 saturated heterocycles.